The van der Waals surface area contributed by atoms with Crippen molar-refractivity contribution < 1.29 is 14.4 Å². The molecule has 7 nitrogen and oxygen atoms in total. The van der Waals surface area contributed by atoms with Crippen LogP contribution in [-0.4, -0.2) is 38.0 Å². The zero-order valence-corrected chi connectivity index (χ0v) is 16.7. The fourth-order valence-corrected chi connectivity index (χ4v) is 4.21. The maximum absolute atomic E-state index is 12.7. The highest BCUT2D eigenvalue weighted by molar-refractivity contribution is 7.15. The van der Waals surface area contributed by atoms with Gasteiger partial charge < -0.3 is 5.32 Å². The third-order valence-electron chi connectivity index (χ3n) is 5.13. The van der Waals surface area contributed by atoms with Crippen LogP contribution in [-0.2, 0) is 4.79 Å². The van der Waals surface area contributed by atoms with Crippen molar-refractivity contribution in [1.29, 1.82) is 0 Å². The highest BCUT2D eigenvalue weighted by Gasteiger charge is 2.40. The third-order valence-corrected chi connectivity index (χ3v) is 5.90. The number of anilines is 1. The van der Waals surface area contributed by atoms with Gasteiger partial charge in [-0.15, -0.1) is 11.3 Å². The predicted molar refractivity (Wildman–Crippen MR) is 114 cm³/mol. The second-order valence-corrected chi connectivity index (χ2v) is 7.86. The van der Waals surface area contributed by atoms with Gasteiger partial charge in [-0.3, -0.25) is 23.7 Å². The molecule has 8 heteroatoms. The van der Waals surface area contributed by atoms with Gasteiger partial charge in [0.05, 0.1) is 16.8 Å². The van der Waals surface area contributed by atoms with Gasteiger partial charge in [0.1, 0.15) is 6.04 Å². The van der Waals surface area contributed by atoms with Crippen LogP contribution in [0.4, 0.5) is 5.69 Å². The summed E-state index contributed by atoms with van der Waals surface area (Å²) in [6, 6.07) is 12.9. The van der Waals surface area contributed by atoms with Gasteiger partial charge in [-0.25, -0.2) is 4.98 Å². The zero-order valence-electron chi connectivity index (χ0n) is 15.9. The molecule has 1 aliphatic rings. The number of thiazole rings is 1. The first-order valence-corrected chi connectivity index (χ1v) is 10.2. The van der Waals surface area contributed by atoms with Crippen molar-refractivity contribution in [3.8, 4) is 11.3 Å². The van der Waals surface area contributed by atoms with Crippen LogP contribution in [0.1, 0.15) is 27.6 Å². The molecule has 0 radical (unpaired) electrons. The number of fused-ring (bicyclic) bond motifs is 2. The van der Waals surface area contributed by atoms with Crippen LogP contribution in [0.3, 0.4) is 0 Å². The fourth-order valence-electron chi connectivity index (χ4n) is 3.51. The Bertz CT molecular complexity index is 1240. The van der Waals surface area contributed by atoms with Gasteiger partial charge in [-0.05, 0) is 31.2 Å². The molecule has 2 aromatic carbocycles. The maximum Gasteiger partial charge on any atom is 0.262 e. The monoisotopic (exact) mass is 416 g/mol. The van der Waals surface area contributed by atoms with E-state index in [1.54, 1.807) is 54.7 Å². The van der Waals surface area contributed by atoms with Crippen LogP contribution in [0, 0.1) is 0 Å². The summed E-state index contributed by atoms with van der Waals surface area (Å²) in [7, 11) is 0. The number of amides is 3. The van der Waals surface area contributed by atoms with Gasteiger partial charge >= 0.3 is 0 Å². The van der Waals surface area contributed by atoms with E-state index < -0.39 is 23.8 Å². The molecule has 148 valence electrons. The van der Waals surface area contributed by atoms with E-state index in [-0.39, 0.29) is 0 Å². The second-order valence-electron chi connectivity index (χ2n) is 6.99. The molecule has 30 heavy (non-hydrogen) atoms. The van der Waals surface area contributed by atoms with Crippen molar-refractivity contribution in [2.24, 2.45) is 0 Å². The van der Waals surface area contributed by atoms with Gasteiger partial charge in [0, 0.05) is 29.0 Å². The Morgan fingerprint density at radius 2 is 1.70 bits per heavy atom. The van der Waals surface area contributed by atoms with Crippen molar-refractivity contribution in [3.63, 3.8) is 0 Å². The molecule has 0 spiro atoms. The number of nitrogens with one attached hydrogen (secondary N) is 1. The lowest BCUT2D eigenvalue weighted by molar-refractivity contribution is -0.119. The number of rotatable bonds is 4. The average Bonchev–Trinajstić information content (AvgIpc) is 3.42. The molecular formula is C22H16N4O3S. The first kappa shape index (κ1) is 18.3. The van der Waals surface area contributed by atoms with E-state index in [9.17, 15) is 14.4 Å². The molecule has 0 fully saturated rings. The van der Waals surface area contributed by atoms with E-state index in [0.29, 0.717) is 16.8 Å². The number of aromatic nitrogens is 2. The molecule has 1 unspecified atom stereocenters. The Kier molecular flexibility index (Phi) is 4.22. The lowest BCUT2D eigenvalue weighted by atomic mass is 10.1. The predicted octanol–water partition coefficient (Wildman–Crippen LogP) is 3.69. The Labute approximate surface area is 175 Å². The summed E-state index contributed by atoms with van der Waals surface area (Å²) in [4.78, 5) is 44.3. The number of hydrogen-bond acceptors (Lipinski definition) is 5. The zero-order chi connectivity index (χ0) is 20.8. The molecule has 3 heterocycles. The minimum atomic E-state index is -0.933. The molecule has 1 aliphatic heterocycles. The van der Waals surface area contributed by atoms with Crippen molar-refractivity contribution in [3.05, 3.63) is 77.4 Å². The molecular weight excluding hydrogens is 400 g/mol. The average molecular weight is 416 g/mol. The van der Waals surface area contributed by atoms with E-state index in [2.05, 4.69) is 10.3 Å². The number of benzene rings is 2. The summed E-state index contributed by atoms with van der Waals surface area (Å²) in [5.74, 6) is -1.33. The van der Waals surface area contributed by atoms with Crippen LogP contribution in [0.5, 0.6) is 0 Å². The number of carbonyl (C=O) groups excluding carboxylic acids is 3. The van der Waals surface area contributed by atoms with Gasteiger partial charge in [0.15, 0.2) is 4.96 Å². The van der Waals surface area contributed by atoms with Crippen molar-refractivity contribution in [2.75, 3.05) is 5.32 Å². The molecule has 0 saturated carbocycles. The summed E-state index contributed by atoms with van der Waals surface area (Å²) in [6.07, 6.45) is 3.90. The van der Waals surface area contributed by atoms with E-state index in [0.717, 1.165) is 21.1 Å². The van der Waals surface area contributed by atoms with Gasteiger partial charge in [0.25, 0.3) is 11.8 Å². The molecule has 0 bridgehead atoms. The second kappa shape index (κ2) is 6.93. The molecule has 4 aromatic rings. The number of nitrogens with zero attached hydrogens (tertiary/aromatic N) is 3. The minimum absolute atomic E-state index is 0.325. The fraction of sp³-hybridized carbons (Fsp3) is 0.0909. The lowest BCUT2D eigenvalue weighted by Gasteiger charge is -2.21. The number of imidazole rings is 1. The largest absolute Gasteiger partial charge is 0.324 e. The molecule has 0 saturated heterocycles. The van der Waals surface area contributed by atoms with Crippen molar-refractivity contribution >= 4 is 39.7 Å². The molecule has 1 N–H and O–H groups in total. The molecule has 5 rings (SSSR count). The summed E-state index contributed by atoms with van der Waals surface area (Å²) >= 11 is 1.56. The van der Waals surface area contributed by atoms with Crippen LogP contribution in [0.25, 0.3) is 16.2 Å². The lowest BCUT2D eigenvalue weighted by Crippen LogP contribution is -2.45. The smallest absolute Gasteiger partial charge is 0.262 e. The van der Waals surface area contributed by atoms with Gasteiger partial charge in [-0.1, -0.05) is 24.3 Å². The van der Waals surface area contributed by atoms with E-state index in [1.165, 1.54) is 0 Å². The summed E-state index contributed by atoms with van der Waals surface area (Å²) < 4.78 is 1.96. The SMILES string of the molecule is CC(C(=O)Nc1ccc(-c2cn3ccsc3n2)cc1)N1C(=O)c2ccccc2C1=O. The van der Waals surface area contributed by atoms with E-state index >= 15 is 0 Å². The molecule has 3 amide bonds. The number of carbonyl (C=O) groups is 3. The van der Waals surface area contributed by atoms with Crippen molar-refractivity contribution in [2.45, 2.75) is 13.0 Å². The minimum Gasteiger partial charge on any atom is -0.324 e. The molecule has 2 aromatic heterocycles. The van der Waals surface area contributed by atoms with Gasteiger partial charge in [0.2, 0.25) is 5.91 Å². The topological polar surface area (TPSA) is 83.8 Å². The quantitative estimate of drug-likeness (QED) is 0.515. The first-order valence-electron chi connectivity index (χ1n) is 9.33. The highest BCUT2D eigenvalue weighted by atomic mass is 32.1. The van der Waals surface area contributed by atoms with Crippen LogP contribution in [0.2, 0.25) is 0 Å². The number of hydrogen-bond donors (Lipinski definition) is 1. The van der Waals surface area contributed by atoms with Crippen molar-refractivity contribution in [1.82, 2.24) is 14.3 Å². The van der Waals surface area contributed by atoms with E-state index in [4.69, 9.17) is 0 Å². The van der Waals surface area contributed by atoms with Crippen LogP contribution >= 0.6 is 11.3 Å². The Balaban J connectivity index is 1.31. The number of imide groups is 1. The summed E-state index contributed by atoms with van der Waals surface area (Å²) in [5.41, 5.74) is 3.00. The maximum atomic E-state index is 12.7. The Morgan fingerprint density at radius 3 is 2.33 bits per heavy atom. The standard InChI is InChI=1S/C22H16N4O3S/c1-13(26-20(28)16-4-2-3-5-17(16)21(26)29)19(27)23-15-8-6-14(7-9-15)18-12-25-10-11-30-22(25)24-18/h2-13H,1H3,(H,23,27). The van der Waals surface area contributed by atoms with Crippen LogP contribution < -0.4 is 5.32 Å². The van der Waals surface area contributed by atoms with E-state index in [1.807, 2.05) is 34.3 Å². The normalized spacial score (nSPS) is 14.2. The molecule has 0 aliphatic carbocycles. The first-order chi connectivity index (χ1) is 14.5. The third kappa shape index (κ3) is 2.89. The Morgan fingerprint density at radius 1 is 1.03 bits per heavy atom. The Hall–Kier alpha value is -3.78. The summed E-state index contributed by atoms with van der Waals surface area (Å²) in [5, 5.41) is 4.75. The highest BCUT2D eigenvalue weighted by Crippen LogP contribution is 2.26. The van der Waals surface area contributed by atoms with Gasteiger partial charge in [-0.2, -0.15) is 0 Å². The molecule has 1 atom stereocenters. The summed E-state index contributed by atoms with van der Waals surface area (Å²) in [6.45, 7) is 1.54. The van der Waals surface area contributed by atoms with Crippen LogP contribution in [0.15, 0.2) is 66.3 Å².